The number of aromatic amines is 1. The van der Waals surface area contributed by atoms with Crippen LogP contribution in [-0.4, -0.2) is 27.5 Å². The van der Waals surface area contributed by atoms with E-state index in [-0.39, 0.29) is 10.8 Å². The van der Waals surface area contributed by atoms with Crippen molar-refractivity contribution in [3.8, 4) is 11.4 Å². The summed E-state index contributed by atoms with van der Waals surface area (Å²) in [5.41, 5.74) is 6.62. The number of piperidine rings is 1. The molecule has 3 aromatic rings. The Labute approximate surface area is 148 Å². The first-order valence-electron chi connectivity index (χ1n) is 9.16. The Morgan fingerprint density at radius 3 is 2.88 bits per heavy atom. The van der Waals surface area contributed by atoms with Gasteiger partial charge in [0, 0.05) is 29.4 Å². The molecule has 4 nitrogen and oxygen atoms in total. The van der Waals surface area contributed by atoms with E-state index in [9.17, 15) is 0 Å². The molecule has 2 atom stereocenters. The van der Waals surface area contributed by atoms with Gasteiger partial charge in [-0.2, -0.15) is 0 Å². The third-order valence-electron chi connectivity index (χ3n) is 6.97. The van der Waals surface area contributed by atoms with Crippen LogP contribution in [0.2, 0.25) is 0 Å². The molecular formula is C21H24N4. The van der Waals surface area contributed by atoms with Crippen molar-refractivity contribution in [1.29, 1.82) is 0 Å². The van der Waals surface area contributed by atoms with Gasteiger partial charge in [0.15, 0.2) is 0 Å². The summed E-state index contributed by atoms with van der Waals surface area (Å²) in [5.74, 6) is 0.899. The highest BCUT2D eigenvalue weighted by atomic mass is 15.0. The molecule has 2 aromatic heterocycles. The predicted octanol–water partition coefficient (Wildman–Crippen LogP) is 3.83. The number of nitrogens with zero attached hydrogens (tertiary/aromatic N) is 2. The molecule has 0 radical (unpaired) electrons. The summed E-state index contributed by atoms with van der Waals surface area (Å²) in [4.78, 5) is 12.6. The van der Waals surface area contributed by atoms with Crippen molar-refractivity contribution in [3.05, 3.63) is 47.8 Å². The molecule has 2 aliphatic rings. The molecule has 3 heterocycles. The Hall–Kier alpha value is -2.20. The maximum absolute atomic E-state index is 4.83. The Morgan fingerprint density at radius 1 is 1.20 bits per heavy atom. The van der Waals surface area contributed by atoms with E-state index in [1.165, 1.54) is 17.5 Å². The van der Waals surface area contributed by atoms with Gasteiger partial charge in [-0.15, -0.1) is 0 Å². The van der Waals surface area contributed by atoms with Gasteiger partial charge in [-0.25, -0.2) is 4.98 Å². The van der Waals surface area contributed by atoms with E-state index < -0.39 is 0 Å². The molecule has 1 aliphatic carbocycles. The molecule has 0 saturated carbocycles. The van der Waals surface area contributed by atoms with Gasteiger partial charge >= 0.3 is 0 Å². The fourth-order valence-electron chi connectivity index (χ4n) is 4.91. The van der Waals surface area contributed by atoms with Crippen LogP contribution in [0.5, 0.6) is 0 Å². The first-order valence-corrected chi connectivity index (χ1v) is 9.16. The number of H-pyrrole nitrogens is 1. The number of hydrogen-bond acceptors (Lipinski definition) is 3. The molecule has 0 amide bonds. The van der Waals surface area contributed by atoms with Crippen LogP contribution in [0.1, 0.15) is 38.3 Å². The Morgan fingerprint density at radius 2 is 2.08 bits per heavy atom. The van der Waals surface area contributed by atoms with Crippen molar-refractivity contribution in [2.24, 2.45) is 5.41 Å². The standard InChI is InChI=1S/C21H24N4/c1-20(2)18-10-14-9-16-17(11-15(14)21(20,3)6-8-23-18)25-19(24-16)13-5-4-7-22-12-13/h4-5,7,9,11-12,18,23H,6,8,10H2,1-3H3,(H,24,25)/t18-,21+/m1/s1. The van der Waals surface area contributed by atoms with Crippen LogP contribution >= 0.6 is 0 Å². The zero-order valence-corrected chi connectivity index (χ0v) is 15.1. The van der Waals surface area contributed by atoms with Crippen LogP contribution in [0.3, 0.4) is 0 Å². The third-order valence-corrected chi connectivity index (χ3v) is 6.97. The normalized spacial score (nSPS) is 27.2. The van der Waals surface area contributed by atoms with Crippen molar-refractivity contribution in [2.45, 2.75) is 45.1 Å². The van der Waals surface area contributed by atoms with Crippen LogP contribution in [0.4, 0.5) is 0 Å². The summed E-state index contributed by atoms with van der Waals surface area (Å²) < 4.78 is 0. The van der Waals surface area contributed by atoms with Crippen molar-refractivity contribution in [2.75, 3.05) is 6.54 Å². The molecule has 0 spiro atoms. The minimum Gasteiger partial charge on any atom is -0.338 e. The zero-order chi connectivity index (χ0) is 17.2. The molecule has 2 N–H and O–H groups in total. The number of hydrogen-bond donors (Lipinski definition) is 2. The van der Waals surface area contributed by atoms with Gasteiger partial charge in [-0.05, 0) is 60.2 Å². The quantitative estimate of drug-likeness (QED) is 0.712. The highest BCUT2D eigenvalue weighted by molar-refractivity contribution is 5.81. The minimum absolute atomic E-state index is 0.199. The van der Waals surface area contributed by atoms with Gasteiger partial charge in [0.05, 0.1) is 11.0 Å². The number of imidazole rings is 1. The molecule has 2 bridgehead atoms. The highest BCUT2D eigenvalue weighted by Gasteiger charge is 2.53. The first kappa shape index (κ1) is 15.1. The lowest BCUT2D eigenvalue weighted by atomic mass is 9.51. The molecule has 128 valence electrons. The van der Waals surface area contributed by atoms with Gasteiger partial charge in [-0.3, -0.25) is 4.98 Å². The fourth-order valence-corrected chi connectivity index (χ4v) is 4.91. The maximum atomic E-state index is 4.83. The number of aromatic nitrogens is 3. The van der Waals surface area contributed by atoms with Gasteiger partial charge in [0.1, 0.15) is 5.82 Å². The Kier molecular flexibility index (Phi) is 2.97. The summed E-state index contributed by atoms with van der Waals surface area (Å²) in [6.45, 7) is 8.39. The molecule has 1 saturated heterocycles. The zero-order valence-electron chi connectivity index (χ0n) is 15.1. The number of benzene rings is 1. The highest BCUT2D eigenvalue weighted by Crippen LogP contribution is 2.54. The van der Waals surface area contributed by atoms with Crippen molar-refractivity contribution in [3.63, 3.8) is 0 Å². The lowest BCUT2D eigenvalue weighted by Gasteiger charge is -2.57. The predicted molar refractivity (Wildman–Crippen MR) is 101 cm³/mol. The summed E-state index contributed by atoms with van der Waals surface area (Å²) in [7, 11) is 0. The van der Waals surface area contributed by atoms with Gasteiger partial charge in [-0.1, -0.05) is 20.8 Å². The summed E-state index contributed by atoms with van der Waals surface area (Å²) >= 11 is 0. The van der Waals surface area contributed by atoms with E-state index in [1.807, 2.05) is 18.3 Å². The van der Waals surface area contributed by atoms with E-state index in [0.717, 1.165) is 35.4 Å². The maximum Gasteiger partial charge on any atom is 0.140 e. The SMILES string of the molecule is CC1(C)[C@H]2Cc3cc4nc(-c5cccnc5)[nH]c4cc3[C@]1(C)CCN2. The van der Waals surface area contributed by atoms with Crippen molar-refractivity contribution >= 4 is 11.0 Å². The number of pyridine rings is 1. The second-order valence-corrected chi connectivity index (χ2v) is 8.37. The fraction of sp³-hybridized carbons (Fsp3) is 0.429. The molecule has 0 unspecified atom stereocenters. The molecular weight excluding hydrogens is 308 g/mol. The molecule has 1 fully saturated rings. The Bertz CT molecular complexity index is 957. The average Bonchev–Trinajstić information content (AvgIpc) is 3.01. The second kappa shape index (κ2) is 4.92. The monoisotopic (exact) mass is 332 g/mol. The first-order chi connectivity index (χ1) is 12.0. The van der Waals surface area contributed by atoms with Crippen LogP contribution in [0.25, 0.3) is 22.4 Å². The van der Waals surface area contributed by atoms with Crippen molar-refractivity contribution in [1.82, 2.24) is 20.3 Å². The molecule has 1 aliphatic heterocycles. The van der Waals surface area contributed by atoms with Crippen LogP contribution < -0.4 is 5.32 Å². The smallest absolute Gasteiger partial charge is 0.140 e. The lowest BCUT2D eigenvalue weighted by Crippen LogP contribution is -2.62. The average molecular weight is 332 g/mol. The lowest BCUT2D eigenvalue weighted by molar-refractivity contribution is 0.0561. The molecule has 1 aromatic carbocycles. The van der Waals surface area contributed by atoms with E-state index >= 15 is 0 Å². The molecule has 25 heavy (non-hydrogen) atoms. The largest absolute Gasteiger partial charge is 0.338 e. The Balaban J connectivity index is 1.70. The van der Waals surface area contributed by atoms with E-state index in [1.54, 1.807) is 6.20 Å². The van der Waals surface area contributed by atoms with E-state index in [4.69, 9.17) is 4.98 Å². The van der Waals surface area contributed by atoms with Crippen LogP contribution in [0, 0.1) is 5.41 Å². The summed E-state index contributed by atoms with van der Waals surface area (Å²) in [6.07, 6.45) is 5.92. The van der Waals surface area contributed by atoms with Gasteiger partial charge < -0.3 is 10.3 Å². The molecule has 4 heteroatoms. The van der Waals surface area contributed by atoms with Crippen LogP contribution in [-0.2, 0) is 11.8 Å². The summed E-state index contributed by atoms with van der Waals surface area (Å²) in [6, 6.07) is 9.20. The topological polar surface area (TPSA) is 53.6 Å². The number of rotatable bonds is 1. The second-order valence-electron chi connectivity index (χ2n) is 8.37. The van der Waals surface area contributed by atoms with E-state index in [2.05, 4.69) is 48.2 Å². The van der Waals surface area contributed by atoms with Crippen molar-refractivity contribution < 1.29 is 0 Å². The number of nitrogens with one attached hydrogen (secondary N) is 2. The van der Waals surface area contributed by atoms with Crippen LogP contribution in [0.15, 0.2) is 36.7 Å². The molecule has 5 rings (SSSR count). The van der Waals surface area contributed by atoms with E-state index in [0.29, 0.717) is 6.04 Å². The minimum atomic E-state index is 0.199. The third kappa shape index (κ3) is 1.97. The van der Waals surface area contributed by atoms with Gasteiger partial charge in [0.25, 0.3) is 0 Å². The van der Waals surface area contributed by atoms with Gasteiger partial charge in [0.2, 0.25) is 0 Å². The number of fused-ring (bicyclic) bond motifs is 5. The summed E-state index contributed by atoms with van der Waals surface area (Å²) in [5, 5.41) is 3.75.